The second kappa shape index (κ2) is 3.43. The number of primary amides is 1. The minimum absolute atomic E-state index is 0.195. The Morgan fingerprint density at radius 2 is 1.90 bits per heavy atom. The smallest absolute Gasteiger partial charge is 0.370 e. The first-order valence-corrected chi connectivity index (χ1v) is 2.77. The SMILES string of the molecule is NC(=O)CCCC(F)(F)F. The molecule has 0 heterocycles. The summed E-state index contributed by atoms with van der Waals surface area (Å²) in [5.74, 6) is -0.691. The molecule has 0 spiro atoms. The quantitative estimate of drug-likeness (QED) is 0.653. The van der Waals surface area contributed by atoms with Gasteiger partial charge < -0.3 is 5.73 Å². The van der Waals surface area contributed by atoms with E-state index in [9.17, 15) is 18.0 Å². The fourth-order valence-corrected chi connectivity index (χ4v) is 0.463. The third-order valence-corrected chi connectivity index (χ3v) is 0.883. The van der Waals surface area contributed by atoms with E-state index >= 15 is 0 Å². The lowest BCUT2D eigenvalue weighted by Crippen LogP contribution is -2.13. The van der Waals surface area contributed by atoms with Crippen molar-refractivity contribution in [3.05, 3.63) is 0 Å². The number of halogens is 3. The zero-order chi connectivity index (χ0) is 8.20. The molecule has 0 rings (SSSR count). The molecule has 0 fully saturated rings. The van der Waals surface area contributed by atoms with Crippen LogP contribution in [0.15, 0.2) is 0 Å². The van der Waals surface area contributed by atoms with E-state index in [0.29, 0.717) is 0 Å². The summed E-state index contributed by atoms with van der Waals surface area (Å²) in [6, 6.07) is 0. The number of carbonyl (C=O) groups excluding carboxylic acids is 1. The zero-order valence-corrected chi connectivity index (χ0v) is 5.24. The van der Waals surface area contributed by atoms with Crippen LogP contribution in [0.4, 0.5) is 13.2 Å². The molecule has 0 aromatic rings. The second-order valence-corrected chi connectivity index (χ2v) is 1.94. The molecule has 0 aliphatic heterocycles. The van der Waals surface area contributed by atoms with Crippen molar-refractivity contribution < 1.29 is 18.0 Å². The molecule has 1 amide bonds. The van der Waals surface area contributed by atoms with Gasteiger partial charge in [-0.2, -0.15) is 13.2 Å². The summed E-state index contributed by atoms with van der Waals surface area (Å²) in [7, 11) is 0. The standard InChI is InChI=1S/C5H8F3NO/c6-5(7,8)3-1-2-4(9)10/h1-3H2,(H2,9,10). The summed E-state index contributed by atoms with van der Waals surface area (Å²) in [6.07, 6.45) is -5.51. The molecule has 0 atom stereocenters. The average molecular weight is 155 g/mol. The highest BCUT2D eigenvalue weighted by Crippen LogP contribution is 2.21. The molecular weight excluding hydrogens is 147 g/mol. The van der Waals surface area contributed by atoms with Gasteiger partial charge in [-0.3, -0.25) is 4.79 Å². The van der Waals surface area contributed by atoms with E-state index in [1.807, 2.05) is 0 Å². The first-order chi connectivity index (χ1) is 4.42. The van der Waals surface area contributed by atoms with E-state index in [2.05, 4.69) is 5.73 Å². The predicted molar refractivity (Wildman–Crippen MR) is 29.1 cm³/mol. The van der Waals surface area contributed by atoms with Crippen LogP contribution in [0.25, 0.3) is 0 Å². The van der Waals surface area contributed by atoms with Crippen molar-refractivity contribution in [3.8, 4) is 0 Å². The van der Waals surface area contributed by atoms with Gasteiger partial charge in [-0.05, 0) is 6.42 Å². The number of alkyl halides is 3. The normalized spacial score (nSPS) is 11.5. The maximum atomic E-state index is 11.4. The van der Waals surface area contributed by atoms with Crippen LogP contribution in [0.5, 0.6) is 0 Å². The molecule has 0 bridgehead atoms. The third kappa shape index (κ3) is 7.26. The minimum Gasteiger partial charge on any atom is -0.370 e. The number of hydrogen-bond donors (Lipinski definition) is 1. The van der Waals surface area contributed by atoms with Gasteiger partial charge in [0.1, 0.15) is 0 Å². The molecule has 0 saturated carbocycles. The van der Waals surface area contributed by atoms with Crippen molar-refractivity contribution in [2.24, 2.45) is 5.73 Å². The first-order valence-electron chi connectivity index (χ1n) is 2.77. The molecule has 0 aliphatic carbocycles. The second-order valence-electron chi connectivity index (χ2n) is 1.94. The Hall–Kier alpha value is -0.740. The number of nitrogens with two attached hydrogens (primary N) is 1. The van der Waals surface area contributed by atoms with E-state index in [4.69, 9.17) is 0 Å². The zero-order valence-electron chi connectivity index (χ0n) is 5.24. The monoisotopic (exact) mass is 155 g/mol. The summed E-state index contributed by atoms with van der Waals surface area (Å²) in [5, 5.41) is 0. The van der Waals surface area contributed by atoms with Gasteiger partial charge in [-0.15, -0.1) is 0 Å². The number of hydrogen-bond acceptors (Lipinski definition) is 1. The maximum absolute atomic E-state index is 11.4. The summed E-state index contributed by atoms with van der Waals surface area (Å²) in [4.78, 5) is 9.94. The van der Waals surface area contributed by atoms with E-state index in [-0.39, 0.29) is 12.8 Å². The van der Waals surface area contributed by atoms with E-state index in [1.165, 1.54) is 0 Å². The van der Waals surface area contributed by atoms with Gasteiger partial charge in [0, 0.05) is 12.8 Å². The largest absolute Gasteiger partial charge is 0.389 e. The Morgan fingerprint density at radius 3 is 2.20 bits per heavy atom. The van der Waals surface area contributed by atoms with Crippen LogP contribution in [-0.4, -0.2) is 12.1 Å². The number of rotatable bonds is 3. The Morgan fingerprint density at radius 1 is 1.40 bits per heavy atom. The molecule has 0 saturated heterocycles. The van der Waals surface area contributed by atoms with Gasteiger partial charge in [-0.25, -0.2) is 0 Å². The van der Waals surface area contributed by atoms with Crippen LogP contribution in [0.2, 0.25) is 0 Å². The Bertz CT molecular complexity index is 121. The van der Waals surface area contributed by atoms with Crippen molar-refractivity contribution in [3.63, 3.8) is 0 Å². The van der Waals surface area contributed by atoms with Crippen LogP contribution >= 0.6 is 0 Å². The van der Waals surface area contributed by atoms with Crippen molar-refractivity contribution in [1.82, 2.24) is 0 Å². The van der Waals surface area contributed by atoms with E-state index < -0.39 is 18.5 Å². The highest BCUT2D eigenvalue weighted by Gasteiger charge is 2.26. The summed E-state index contributed by atoms with van der Waals surface area (Å²) in [6.45, 7) is 0. The van der Waals surface area contributed by atoms with Crippen LogP contribution in [0, 0.1) is 0 Å². The van der Waals surface area contributed by atoms with Gasteiger partial charge in [0.25, 0.3) is 0 Å². The molecule has 60 valence electrons. The Balaban J connectivity index is 3.29. The van der Waals surface area contributed by atoms with Gasteiger partial charge in [-0.1, -0.05) is 0 Å². The van der Waals surface area contributed by atoms with Crippen LogP contribution in [-0.2, 0) is 4.79 Å². The van der Waals surface area contributed by atoms with Crippen LogP contribution in [0.1, 0.15) is 19.3 Å². The maximum Gasteiger partial charge on any atom is 0.389 e. The summed E-state index contributed by atoms with van der Waals surface area (Å²) in [5.41, 5.74) is 4.62. The van der Waals surface area contributed by atoms with Crippen LogP contribution < -0.4 is 5.73 Å². The Kier molecular flexibility index (Phi) is 3.18. The summed E-state index contributed by atoms with van der Waals surface area (Å²) >= 11 is 0. The van der Waals surface area contributed by atoms with E-state index in [0.717, 1.165) is 0 Å². The molecule has 10 heavy (non-hydrogen) atoms. The highest BCUT2D eigenvalue weighted by atomic mass is 19.4. The fraction of sp³-hybridized carbons (Fsp3) is 0.800. The van der Waals surface area contributed by atoms with Crippen molar-refractivity contribution in [2.45, 2.75) is 25.4 Å². The number of carbonyl (C=O) groups is 1. The Labute approximate surface area is 56.2 Å². The van der Waals surface area contributed by atoms with Gasteiger partial charge in [0.15, 0.2) is 0 Å². The minimum atomic E-state index is -4.17. The van der Waals surface area contributed by atoms with Gasteiger partial charge in [0.2, 0.25) is 5.91 Å². The van der Waals surface area contributed by atoms with Crippen molar-refractivity contribution in [2.75, 3.05) is 0 Å². The lowest BCUT2D eigenvalue weighted by atomic mass is 10.2. The molecule has 0 aromatic heterocycles. The topological polar surface area (TPSA) is 43.1 Å². The summed E-state index contributed by atoms with van der Waals surface area (Å²) < 4.78 is 34.1. The number of amides is 1. The molecule has 0 aromatic carbocycles. The van der Waals surface area contributed by atoms with Crippen molar-refractivity contribution in [1.29, 1.82) is 0 Å². The molecular formula is C5H8F3NO. The van der Waals surface area contributed by atoms with Gasteiger partial charge >= 0.3 is 6.18 Å². The molecule has 0 aliphatic rings. The van der Waals surface area contributed by atoms with Crippen molar-refractivity contribution >= 4 is 5.91 Å². The van der Waals surface area contributed by atoms with Crippen LogP contribution in [0.3, 0.4) is 0 Å². The lowest BCUT2D eigenvalue weighted by molar-refractivity contribution is -0.136. The molecule has 0 unspecified atom stereocenters. The fourth-order valence-electron chi connectivity index (χ4n) is 0.463. The molecule has 0 radical (unpaired) electrons. The van der Waals surface area contributed by atoms with Gasteiger partial charge in [0.05, 0.1) is 0 Å². The highest BCUT2D eigenvalue weighted by molar-refractivity contribution is 5.73. The lowest BCUT2D eigenvalue weighted by Gasteiger charge is -2.02. The predicted octanol–water partition coefficient (Wildman–Crippen LogP) is 1.20. The average Bonchev–Trinajstić information content (AvgIpc) is 1.59. The van der Waals surface area contributed by atoms with E-state index in [1.54, 1.807) is 0 Å². The first kappa shape index (κ1) is 9.26. The molecule has 5 heteroatoms. The third-order valence-electron chi connectivity index (χ3n) is 0.883. The molecule has 2 nitrogen and oxygen atoms in total. The molecule has 2 N–H and O–H groups in total.